The van der Waals surface area contributed by atoms with Crippen LogP contribution in [0.4, 0.5) is 24.5 Å². The van der Waals surface area contributed by atoms with Gasteiger partial charge in [-0.1, -0.05) is 17.2 Å². The van der Waals surface area contributed by atoms with Crippen LogP contribution in [0.25, 0.3) is 0 Å². The molecule has 1 aromatic carbocycles. The molecule has 0 radical (unpaired) electrons. The Balaban J connectivity index is 3.21. The monoisotopic (exact) mass is 320 g/mol. The maximum Gasteiger partial charge on any atom is 0.422 e. The first-order chi connectivity index (χ1) is 9.46. The summed E-state index contributed by atoms with van der Waals surface area (Å²) >= 11 is 5.84. The molecule has 0 aliphatic rings. The van der Waals surface area contributed by atoms with Crippen LogP contribution in [0.5, 0.6) is 0 Å². The van der Waals surface area contributed by atoms with Crippen LogP contribution in [0.15, 0.2) is 29.3 Å². The minimum atomic E-state index is -4.87. The summed E-state index contributed by atoms with van der Waals surface area (Å²) in [6.45, 7) is 6.45. The Labute approximate surface area is 125 Å². The predicted molar refractivity (Wildman–Crippen MR) is 79.2 cm³/mol. The van der Waals surface area contributed by atoms with Crippen molar-refractivity contribution in [2.75, 3.05) is 5.73 Å². The topological polar surface area (TPSA) is 58.6 Å². The molecule has 0 saturated carbocycles. The first-order valence-electron chi connectivity index (χ1n) is 6.00. The summed E-state index contributed by atoms with van der Waals surface area (Å²) in [5.41, 5.74) is 3.61. The molecule has 0 fully saturated rings. The highest BCUT2D eigenvalue weighted by Crippen LogP contribution is 2.35. The van der Waals surface area contributed by atoms with Gasteiger partial charge in [-0.3, -0.25) is 4.99 Å². The van der Waals surface area contributed by atoms with E-state index in [1.54, 1.807) is 6.92 Å². The van der Waals surface area contributed by atoms with E-state index in [1.807, 2.05) is 0 Å². The molecule has 3 N–H and O–H groups in total. The minimum absolute atomic E-state index is 0.112. The van der Waals surface area contributed by atoms with E-state index in [9.17, 15) is 18.3 Å². The van der Waals surface area contributed by atoms with Crippen molar-refractivity contribution in [3.63, 3.8) is 0 Å². The molecule has 1 aromatic rings. The van der Waals surface area contributed by atoms with Crippen LogP contribution in [0.3, 0.4) is 0 Å². The van der Waals surface area contributed by atoms with Crippen molar-refractivity contribution in [1.82, 2.24) is 0 Å². The second kappa shape index (κ2) is 6.07. The summed E-state index contributed by atoms with van der Waals surface area (Å²) in [6, 6.07) is 2.85. The molecule has 7 heteroatoms. The average molecular weight is 321 g/mol. The number of aliphatic hydroxyl groups is 1. The highest BCUT2D eigenvalue weighted by Gasteiger charge is 2.52. The lowest BCUT2D eigenvalue weighted by molar-refractivity contribution is -0.227. The van der Waals surface area contributed by atoms with Crippen LogP contribution >= 0.6 is 11.6 Å². The summed E-state index contributed by atoms with van der Waals surface area (Å²) in [4.78, 5) is 3.68. The Bertz CT molecular complexity index is 584. The van der Waals surface area contributed by atoms with E-state index in [2.05, 4.69) is 11.6 Å². The van der Waals surface area contributed by atoms with E-state index in [-0.39, 0.29) is 16.9 Å². The lowest BCUT2D eigenvalue weighted by Crippen LogP contribution is -2.46. The van der Waals surface area contributed by atoms with Crippen molar-refractivity contribution in [3.05, 3.63) is 34.9 Å². The van der Waals surface area contributed by atoms with E-state index in [0.717, 1.165) is 0 Å². The summed E-state index contributed by atoms with van der Waals surface area (Å²) in [5.74, 6) is 0. The second-order valence-corrected chi connectivity index (χ2v) is 5.38. The Morgan fingerprint density at radius 3 is 2.52 bits per heavy atom. The van der Waals surface area contributed by atoms with Crippen LogP contribution in [0.1, 0.15) is 18.9 Å². The fourth-order valence-electron chi connectivity index (χ4n) is 1.65. The van der Waals surface area contributed by atoms with E-state index in [4.69, 9.17) is 17.3 Å². The van der Waals surface area contributed by atoms with Crippen LogP contribution < -0.4 is 5.73 Å². The van der Waals surface area contributed by atoms with Gasteiger partial charge in [0.25, 0.3) is 0 Å². The Hall–Kier alpha value is -1.53. The van der Waals surface area contributed by atoms with Crippen molar-refractivity contribution >= 4 is 29.2 Å². The number of aryl methyl sites for hydroxylation is 1. The molecule has 0 amide bonds. The SMILES string of the molecule is C=C(C)CC(O)(C=Nc1cc(C)c(Cl)cc1N)C(F)(F)F. The molecule has 0 aromatic heterocycles. The molecule has 1 atom stereocenters. The maximum atomic E-state index is 13.0. The molecule has 0 aliphatic heterocycles. The summed E-state index contributed by atoms with van der Waals surface area (Å²) in [6.07, 6.45) is -5.10. The molecule has 0 spiro atoms. The normalized spacial score (nSPS) is 15.2. The molecule has 0 saturated heterocycles. The van der Waals surface area contributed by atoms with Gasteiger partial charge in [0.1, 0.15) is 0 Å². The van der Waals surface area contributed by atoms with Crippen LogP contribution in [0, 0.1) is 6.92 Å². The van der Waals surface area contributed by atoms with Gasteiger partial charge in [0.05, 0.1) is 11.4 Å². The van der Waals surface area contributed by atoms with Crippen LogP contribution in [0.2, 0.25) is 5.02 Å². The number of nitrogens with two attached hydrogens (primary N) is 1. The zero-order valence-corrected chi connectivity index (χ0v) is 12.4. The zero-order valence-electron chi connectivity index (χ0n) is 11.6. The van der Waals surface area contributed by atoms with Crippen LogP contribution in [-0.2, 0) is 0 Å². The summed E-state index contributed by atoms with van der Waals surface area (Å²) in [5, 5.41) is 10.2. The van der Waals surface area contributed by atoms with Gasteiger partial charge in [-0.2, -0.15) is 13.2 Å². The highest BCUT2D eigenvalue weighted by atomic mass is 35.5. The minimum Gasteiger partial charge on any atom is -0.397 e. The highest BCUT2D eigenvalue weighted by molar-refractivity contribution is 6.31. The molecule has 0 bridgehead atoms. The van der Waals surface area contributed by atoms with E-state index >= 15 is 0 Å². The molecule has 0 heterocycles. The number of nitrogens with zero attached hydrogens (tertiary/aromatic N) is 1. The number of anilines is 1. The van der Waals surface area contributed by atoms with Gasteiger partial charge in [-0.05, 0) is 31.5 Å². The van der Waals surface area contributed by atoms with Gasteiger partial charge in [-0.25, -0.2) is 0 Å². The molecule has 1 rings (SSSR count). The van der Waals surface area contributed by atoms with E-state index in [0.29, 0.717) is 16.8 Å². The van der Waals surface area contributed by atoms with Crippen molar-refractivity contribution in [2.24, 2.45) is 4.99 Å². The number of hydrogen-bond donors (Lipinski definition) is 2. The first kappa shape index (κ1) is 17.5. The predicted octanol–water partition coefficient (Wildman–Crippen LogP) is 4.19. The quantitative estimate of drug-likeness (QED) is 0.496. The third kappa shape index (κ3) is 4.22. The number of benzene rings is 1. The Morgan fingerprint density at radius 1 is 1.48 bits per heavy atom. The third-order valence-corrected chi connectivity index (χ3v) is 3.19. The zero-order chi connectivity index (χ0) is 16.4. The Kier molecular flexibility index (Phi) is 5.07. The smallest absolute Gasteiger partial charge is 0.397 e. The average Bonchev–Trinajstić information content (AvgIpc) is 2.30. The van der Waals surface area contributed by atoms with E-state index < -0.39 is 18.2 Å². The van der Waals surface area contributed by atoms with Crippen molar-refractivity contribution in [2.45, 2.75) is 32.0 Å². The van der Waals surface area contributed by atoms with Gasteiger partial charge in [-0.15, -0.1) is 6.58 Å². The van der Waals surface area contributed by atoms with Gasteiger partial charge in [0.15, 0.2) is 5.60 Å². The second-order valence-electron chi connectivity index (χ2n) is 4.97. The fraction of sp³-hybridized carbons (Fsp3) is 0.357. The number of nitrogen functional groups attached to an aromatic ring is 1. The molecular weight excluding hydrogens is 305 g/mol. The molecule has 3 nitrogen and oxygen atoms in total. The maximum absolute atomic E-state index is 13.0. The van der Waals surface area contributed by atoms with E-state index in [1.165, 1.54) is 19.1 Å². The number of rotatable bonds is 4. The lowest BCUT2D eigenvalue weighted by atomic mass is 9.96. The summed E-state index contributed by atoms with van der Waals surface area (Å²) < 4.78 is 38.9. The van der Waals surface area contributed by atoms with Gasteiger partial charge >= 0.3 is 6.18 Å². The lowest BCUT2D eigenvalue weighted by Gasteiger charge is -2.26. The van der Waals surface area contributed by atoms with Crippen molar-refractivity contribution < 1.29 is 18.3 Å². The molecule has 116 valence electrons. The van der Waals surface area contributed by atoms with Gasteiger partial charge in [0, 0.05) is 17.7 Å². The molecular formula is C14H16ClF3N2O. The number of aliphatic imine (C=N–C) groups is 1. The fourth-order valence-corrected chi connectivity index (χ4v) is 1.82. The van der Waals surface area contributed by atoms with Crippen LogP contribution in [-0.4, -0.2) is 23.1 Å². The molecule has 21 heavy (non-hydrogen) atoms. The summed E-state index contributed by atoms with van der Waals surface area (Å²) in [7, 11) is 0. The van der Waals surface area contributed by atoms with Crippen molar-refractivity contribution in [3.8, 4) is 0 Å². The third-order valence-electron chi connectivity index (χ3n) is 2.79. The standard InChI is InChI=1S/C14H16ClF3N2O/c1-8(2)6-13(21,14(16,17)18)7-20-12-4-9(3)10(15)5-11(12)19/h4-5,7,21H,1,6,19H2,2-3H3. The van der Waals surface area contributed by atoms with Gasteiger partial charge in [0.2, 0.25) is 0 Å². The number of halogens is 4. The molecule has 0 aliphatic carbocycles. The largest absolute Gasteiger partial charge is 0.422 e. The number of hydrogen-bond acceptors (Lipinski definition) is 3. The Morgan fingerprint density at radius 2 is 2.05 bits per heavy atom. The first-order valence-corrected chi connectivity index (χ1v) is 6.38. The molecule has 1 unspecified atom stereocenters. The van der Waals surface area contributed by atoms with Crippen molar-refractivity contribution in [1.29, 1.82) is 0 Å². The van der Waals surface area contributed by atoms with Gasteiger partial charge < -0.3 is 10.8 Å². The number of alkyl halides is 3.